The first-order chi connectivity index (χ1) is 12.1. The van der Waals surface area contributed by atoms with Crippen molar-refractivity contribution in [3.63, 3.8) is 0 Å². The van der Waals surface area contributed by atoms with Gasteiger partial charge in [-0.25, -0.2) is 19.6 Å². The molecule has 2 rings (SSSR count). The third kappa shape index (κ3) is 5.94. The highest BCUT2D eigenvalue weighted by molar-refractivity contribution is 5.97. The number of hydrogen-bond acceptors (Lipinski definition) is 4. The fourth-order valence-corrected chi connectivity index (χ4v) is 1.73. The van der Waals surface area contributed by atoms with Crippen LogP contribution in [-0.4, -0.2) is 24.2 Å². The van der Waals surface area contributed by atoms with E-state index in [1.54, 1.807) is 12.1 Å². The third-order valence-corrected chi connectivity index (χ3v) is 2.92. The maximum absolute atomic E-state index is 13.3. The molecule has 0 heterocycles. The predicted octanol–water partition coefficient (Wildman–Crippen LogP) is 1.96. The Morgan fingerprint density at radius 2 is 1.20 bits per heavy atom. The fourth-order valence-electron chi connectivity index (χ4n) is 1.73. The number of hydrazone groups is 2. The maximum atomic E-state index is 13.3. The molecule has 0 radical (unpaired) electrons. The Morgan fingerprint density at radius 1 is 0.800 bits per heavy atom. The van der Waals surface area contributed by atoms with Crippen LogP contribution in [0.2, 0.25) is 0 Å². The highest BCUT2D eigenvalue weighted by Crippen LogP contribution is 2.03. The molecule has 0 aliphatic rings. The molecule has 2 aromatic rings. The molecule has 25 heavy (non-hydrogen) atoms. The second-order valence-corrected chi connectivity index (χ2v) is 4.81. The van der Waals surface area contributed by atoms with Gasteiger partial charge in [0, 0.05) is 11.1 Å². The van der Waals surface area contributed by atoms with Gasteiger partial charge in [0.2, 0.25) is 11.8 Å². The summed E-state index contributed by atoms with van der Waals surface area (Å²) in [6.45, 7) is 0. The summed E-state index contributed by atoms with van der Waals surface area (Å²) < 4.78 is 26.6. The summed E-state index contributed by atoms with van der Waals surface area (Å²) in [7, 11) is 0. The largest absolute Gasteiger partial charge is 0.273 e. The average Bonchev–Trinajstić information content (AvgIpc) is 2.58. The van der Waals surface area contributed by atoms with Crippen molar-refractivity contribution < 1.29 is 18.4 Å². The lowest BCUT2D eigenvalue weighted by atomic mass is 10.2. The van der Waals surface area contributed by atoms with E-state index in [4.69, 9.17) is 0 Å². The first-order valence-corrected chi connectivity index (χ1v) is 7.19. The Bertz CT molecular complexity index is 754. The monoisotopic (exact) mass is 344 g/mol. The van der Waals surface area contributed by atoms with Crippen molar-refractivity contribution in [2.24, 2.45) is 10.2 Å². The van der Waals surface area contributed by atoms with Gasteiger partial charge in [-0.3, -0.25) is 9.59 Å². The van der Waals surface area contributed by atoms with E-state index in [2.05, 4.69) is 21.1 Å². The molecule has 6 nitrogen and oxygen atoms in total. The zero-order valence-electron chi connectivity index (χ0n) is 12.9. The minimum Gasteiger partial charge on any atom is -0.273 e. The van der Waals surface area contributed by atoms with Crippen LogP contribution < -0.4 is 10.9 Å². The van der Waals surface area contributed by atoms with Crippen molar-refractivity contribution in [2.45, 2.75) is 6.42 Å². The van der Waals surface area contributed by atoms with E-state index in [9.17, 15) is 18.4 Å². The number of halogens is 2. The van der Waals surface area contributed by atoms with Crippen LogP contribution in [-0.2, 0) is 9.59 Å². The second kappa shape index (κ2) is 9.02. The lowest BCUT2D eigenvalue weighted by Gasteiger charge is -2.00. The van der Waals surface area contributed by atoms with Gasteiger partial charge in [0.05, 0.1) is 12.4 Å². The summed E-state index contributed by atoms with van der Waals surface area (Å²) >= 11 is 0. The topological polar surface area (TPSA) is 82.9 Å². The van der Waals surface area contributed by atoms with E-state index < -0.39 is 29.9 Å². The Balaban J connectivity index is 1.77. The van der Waals surface area contributed by atoms with Gasteiger partial charge < -0.3 is 0 Å². The highest BCUT2D eigenvalue weighted by atomic mass is 19.1. The van der Waals surface area contributed by atoms with Crippen LogP contribution in [0.1, 0.15) is 17.5 Å². The van der Waals surface area contributed by atoms with Gasteiger partial charge in [-0.15, -0.1) is 0 Å². The number of benzene rings is 2. The van der Waals surface area contributed by atoms with Crippen LogP contribution >= 0.6 is 0 Å². The molecular weight excluding hydrogens is 330 g/mol. The quantitative estimate of drug-likeness (QED) is 0.477. The lowest BCUT2D eigenvalue weighted by molar-refractivity contribution is -0.129. The van der Waals surface area contributed by atoms with Gasteiger partial charge in [-0.2, -0.15) is 10.2 Å². The molecule has 0 spiro atoms. The summed E-state index contributed by atoms with van der Waals surface area (Å²) in [6.07, 6.45) is 1.71. The standard InChI is InChI=1S/C17H14F2N4O2/c18-14-7-3-1-5-12(14)10-20-22-16(24)9-17(25)23-21-11-13-6-2-4-8-15(13)19/h1-8,10-11H,9H2,(H,22,24)(H,23,25)/b20-10+,21-11+. The number of nitrogens with one attached hydrogen (secondary N) is 2. The molecule has 0 saturated heterocycles. The van der Waals surface area contributed by atoms with Crippen molar-refractivity contribution in [1.82, 2.24) is 10.9 Å². The predicted molar refractivity (Wildman–Crippen MR) is 88.9 cm³/mol. The summed E-state index contributed by atoms with van der Waals surface area (Å²) in [5.41, 5.74) is 4.59. The number of rotatable bonds is 6. The van der Waals surface area contributed by atoms with Crippen LogP contribution in [0, 0.1) is 11.6 Å². The van der Waals surface area contributed by atoms with Crippen LogP contribution in [0.3, 0.4) is 0 Å². The van der Waals surface area contributed by atoms with E-state index in [-0.39, 0.29) is 11.1 Å². The van der Waals surface area contributed by atoms with Gasteiger partial charge >= 0.3 is 0 Å². The molecule has 2 aromatic carbocycles. The number of hydrogen-bond donors (Lipinski definition) is 2. The molecule has 0 fully saturated rings. The summed E-state index contributed by atoms with van der Waals surface area (Å²) in [5.74, 6) is -2.38. The summed E-state index contributed by atoms with van der Waals surface area (Å²) in [6, 6.07) is 11.8. The highest BCUT2D eigenvalue weighted by Gasteiger charge is 2.07. The molecule has 0 saturated carbocycles. The minimum atomic E-state index is -0.703. The van der Waals surface area contributed by atoms with Gasteiger partial charge in [-0.1, -0.05) is 36.4 Å². The number of carbonyl (C=O) groups is 2. The van der Waals surface area contributed by atoms with Gasteiger partial charge in [0.15, 0.2) is 0 Å². The Labute approximate surface area is 142 Å². The normalized spacial score (nSPS) is 11.0. The Morgan fingerprint density at radius 3 is 1.60 bits per heavy atom. The summed E-state index contributed by atoms with van der Waals surface area (Å²) in [4.78, 5) is 23.0. The molecule has 128 valence electrons. The van der Waals surface area contributed by atoms with Crippen molar-refractivity contribution in [2.75, 3.05) is 0 Å². The van der Waals surface area contributed by atoms with E-state index in [1.165, 1.54) is 36.4 Å². The molecule has 0 unspecified atom stereocenters. The van der Waals surface area contributed by atoms with Gasteiger partial charge in [0.25, 0.3) is 0 Å². The van der Waals surface area contributed by atoms with Crippen LogP contribution in [0.25, 0.3) is 0 Å². The maximum Gasteiger partial charge on any atom is 0.249 e. The number of amides is 2. The van der Waals surface area contributed by atoms with E-state index in [1.807, 2.05) is 0 Å². The number of nitrogens with zero attached hydrogens (tertiary/aromatic N) is 2. The minimum absolute atomic E-state index is 0.196. The zero-order valence-corrected chi connectivity index (χ0v) is 12.9. The van der Waals surface area contributed by atoms with Crippen LogP contribution in [0.15, 0.2) is 58.7 Å². The van der Waals surface area contributed by atoms with E-state index >= 15 is 0 Å². The molecule has 8 heteroatoms. The smallest absolute Gasteiger partial charge is 0.249 e. The fraction of sp³-hybridized carbons (Fsp3) is 0.0588. The third-order valence-electron chi connectivity index (χ3n) is 2.92. The van der Waals surface area contributed by atoms with Crippen molar-refractivity contribution in [3.05, 3.63) is 71.3 Å². The molecule has 0 bridgehead atoms. The van der Waals surface area contributed by atoms with Crippen LogP contribution in [0.4, 0.5) is 8.78 Å². The molecule has 0 atom stereocenters. The van der Waals surface area contributed by atoms with Gasteiger partial charge in [-0.05, 0) is 12.1 Å². The van der Waals surface area contributed by atoms with Gasteiger partial charge in [0.1, 0.15) is 18.1 Å². The lowest BCUT2D eigenvalue weighted by Crippen LogP contribution is -2.27. The van der Waals surface area contributed by atoms with Crippen LogP contribution in [0.5, 0.6) is 0 Å². The van der Waals surface area contributed by atoms with Crippen molar-refractivity contribution in [1.29, 1.82) is 0 Å². The van der Waals surface area contributed by atoms with E-state index in [0.29, 0.717) is 0 Å². The van der Waals surface area contributed by atoms with E-state index in [0.717, 1.165) is 12.4 Å². The molecule has 2 amide bonds. The van der Waals surface area contributed by atoms with Crippen molar-refractivity contribution >= 4 is 24.2 Å². The molecule has 0 aliphatic heterocycles. The second-order valence-electron chi connectivity index (χ2n) is 4.81. The number of carbonyl (C=O) groups excluding carboxylic acids is 2. The first-order valence-electron chi connectivity index (χ1n) is 7.19. The van der Waals surface area contributed by atoms with Crippen molar-refractivity contribution in [3.8, 4) is 0 Å². The zero-order chi connectivity index (χ0) is 18.1. The molecule has 2 N–H and O–H groups in total. The molecular formula is C17H14F2N4O2. The average molecular weight is 344 g/mol. The first kappa shape index (κ1) is 17.9. The summed E-state index contributed by atoms with van der Waals surface area (Å²) in [5, 5.41) is 7.12. The molecule has 0 aromatic heterocycles. The SMILES string of the molecule is O=C(CC(=O)N/N=C/c1ccccc1F)N/N=C/c1ccccc1F. The molecule has 0 aliphatic carbocycles. The Kier molecular flexibility index (Phi) is 6.47. The Hall–Kier alpha value is -3.42.